The maximum absolute atomic E-state index is 11.3. The molecular weight excluding hydrogens is 176 g/mol. The minimum absolute atomic E-state index is 0.168. The molecule has 0 aromatic rings. The highest BCUT2D eigenvalue weighted by atomic mass is 16.1. The molecule has 0 rings (SSSR count). The first-order valence-electron chi connectivity index (χ1n) is 5.67. The maximum atomic E-state index is 11.3. The van der Waals surface area contributed by atoms with Crippen LogP contribution in [-0.2, 0) is 4.79 Å². The zero-order valence-corrected chi connectivity index (χ0v) is 9.51. The van der Waals surface area contributed by atoms with Gasteiger partial charge in [-0.2, -0.15) is 0 Å². The largest absolute Gasteiger partial charge is 0.356 e. The van der Waals surface area contributed by atoms with Crippen LogP contribution in [0.3, 0.4) is 0 Å². The number of rotatable bonds is 8. The van der Waals surface area contributed by atoms with Gasteiger partial charge in [-0.15, -0.1) is 0 Å². The molecule has 0 aliphatic carbocycles. The van der Waals surface area contributed by atoms with Crippen molar-refractivity contribution in [3.8, 4) is 0 Å². The summed E-state index contributed by atoms with van der Waals surface area (Å²) in [6, 6.07) is 0. The van der Waals surface area contributed by atoms with Gasteiger partial charge in [0.05, 0.1) is 0 Å². The number of carbonyl (C=O) groups is 1. The van der Waals surface area contributed by atoms with E-state index in [1.807, 2.05) is 6.92 Å². The summed E-state index contributed by atoms with van der Waals surface area (Å²) in [7, 11) is 0. The lowest BCUT2D eigenvalue weighted by Crippen LogP contribution is -2.31. The number of hydrogen-bond donors (Lipinski definition) is 2. The summed E-state index contributed by atoms with van der Waals surface area (Å²) in [5.74, 6) is 0.552. The van der Waals surface area contributed by atoms with Gasteiger partial charge in [0.2, 0.25) is 5.91 Å². The lowest BCUT2D eigenvalue weighted by Gasteiger charge is -2.09. The van der Waals surface area contributed by atoms with Gasteiger partial charge < -0.3 is 11.1 Å². The molecule has 0 fully saturated rings. The van der Waals surface area contributed by atoms with Crippen LogP contribution in [0, 0.1) is 5.92 Å². The number of amides is 1. The Morgan fingerprint density at radius 1 is 1.36 bits per heavy atom. The van der Waals surface area contributed by atoms with Crippen LogP contribution < -0.4 is 11.1 Å². The molecule has 0 aliphatic rings. The summed E-state index contributed by atoms with van der Waals surface area (Å²) >= 11 is 0. The van der Waals surface area contributed by atoms with Crippen molar-refractivity contribution >= 4 is 5.91 Å². The predicted molar refractivity (Wildman–Crippen MR) is 60.0 cm³/mol. The SMILES string of the molecule is CCCCCCC(=O)NCC(C)CN. The second kappa shape index (κ2) is 9.00. The van der Waals surface area contributed by atoms with Crippen molar-refractivity contribution < 1.29 is 4.79 Å². The van der Waals surface area contributed by atoms with Crippen molar-refractivity contribution in [2.45, 2.75) is 46.0 Å². The molecule has 1 atom stereocenters. The highest BCUT2D eigenvalue weighted by molar-refractivity contribution is 5.75. The Morgan fingerprint density at radius 2 is 2.07 bits per heavy atom. The fourth-order valence-corrected chi connectivity index (χ4v) is 1.17. The number of carbonyl (C=O) groups excluding carboxylic acids is 1. The fraction of sp³-hybridized carbons (Fsp3) is 0.909. The van der Waals surface area contributed by atoms with Gasteiger partial charge in [-0.25, -0.2) is 0 Å². The molecule has 1 unspecified atom stereocenters. The molecule has 3 heteroatoms. The molecule has 0 spiro atoms. The van der Waals surface area contributed by atoms with Crippen LogP contribution >= 0.6 is 0 Å². The van der Waals surface area contributed by atoms with E-state index in [0.29, 0.717) is 25.4 Å². The van der Waals surface area contributed by atoms with Gasteiger partial charge in [0.25, 0.3) is 0 Å². The number of nitrogens with one attached hydrogen (secondary N) is 1. The van der Waals surface area contributed by atoms with E-state index in [4.69, 9.17) is 5.73 Å². The molecule has 0 bridgehead atoms. The molecule has 84 valence electrons. The van der Waals surface area contributed by atoms with E-state index in [0.717, 1.165) is 12.8 Å². The van der Waals surface area contributed by atoms with Crippen LogP contribution in [-0.4, -0.2) is 19.0 Å². The monoisotopic (exact) mass is 200 g/mol. The molecule has 0 heterocycles. The van der Waals surface area contributed by atoms with E-state index < -0.39 is 0 Å². The summed E-state index contributed by atoms with van der Waals surface area (Å²) in [4.78, 5) is 11.3. The Balaban J connectivity index is 3.28. The van der Waals surface area contributed by atoms with Crippen LogP contribution in [0.2, 0.25) is 0 Å². The third-order valence-electron chi connectivity index (χ3n) is 2.31. The van der Waals surface area contributed by atoms with E-state index in [1.165, 1.54) is 12.8 Å². The molecular formula is C11H24N2O. The summed E-state index contributed by atoms with van der Waals surface area (Å²) < 4.78 is 0. The fourth-order valence-electron chi connectivity index (χ4n) is 1.17. The van der Waals surface area contributed by atoms with Gasteiger partial charge in [-0.3, -0.25) is 4.79 Å². The topological polar surface area (TPSA) is 55.1 Å². The van der Waals surface area contributed by atoms with Gasteiger partial charge in [0.1, 0.15) is 0 Å². The second-order valence-electron chi connectivity index (χ2n) is 3.96. The van der Waals surface area contributed by atoms with E-state index in [2.05, 4.69) is 12.2 Å². The molecule has 3 N–H and O–H groups in total. The standard InChI is InChI=1S/C11H24N2O/c1-3-4-5-6-7-11(14)13-9-10(2)8-12/h10H,3-9,12H2,1-2H3,(H,13,14). The van der Waals surface area contributed by atoms with Gasteiger partial charge in [0, 0.05) is 13.0 Å². The molecule has 0 saturated carbocycles. The smallest absolute Gasteiger partial charge is 0.220 e. The molecule has 0 aromatic heterocycles. The van der Waals surface area contributed by atoms with Crippen molar-refractivity contribution in [2.24, 2.45) is 11.7 Å². The predicted octanol–water partition coefficient (Wildman–Crippen LogP) is 1.67. The Hall–Kier alpha value is -0.570. The summed E-state index contributed by atoms with van der Waals surface area (Å²) in [6.07, 6.45) is 5.28. The molecule has 0 aliphatic heterocycles. The Kier molecular flexibility index (Phi) is 8.64. The number of nitrogens with two attached hydrogens (primary N) is 1. The van der Waals surface area contributed by atoms with E-state index in [9.17, 15) is 4.79 Å². The van der Waals surface area contributed by atoms with Gasteiger partial charge in [-0.05, 0) is 18.9 Å². The van der Waals surface area contributed by atoms with Gasteiger partial charge in [-0.1, -0.05) is 33.1 Å². The molecule has 14 heavy (non-hydrogen) atoms. The third-order valence-corrected chi connectivity index (χ3v) is 2.31. The minimum Gasteiger partial charge on any atom is -0.356 e. The average molecular weight is 200 g/mol. The number of unbranched alkanes of at least 4 members (excludes halogenated alkanes) is 3. The number of hydrogen-bond acceptors (Lipinski definition) is 2. The average Bonchev–Trinajstić information content (AvgIpc) is 2.21. The highest BCUT2D eigenvalue weighted by Gasteiger charge is 2.03. The van der Waals surface area contributed by atoms with Crippen LogP contribution in [0.5, 0.6) is 0 Å². The first-order valence-corrected chi connectivity index (χ1v) is 5.67. The van der Waals surface area contributed by atoms with Crippen LogP contribution in [0.15, 0.2) is 0 Å². The Morgan fingerprint density at radius 3 is 2.64 bits per heavy atom. The van der Waals surface area contributed by atoms with Crippen LogP contribution in [0.4, 0.5) is 0 Å². The molecule has 3 nitrogen and oxygen atoms in total. The Labute approximate surface area is 87.4 Å². The van der Waals surface area contributed by atoms with Crippen LogP contribution in [0.1, 0.15) is 46.0 Å². The highest BCUT2D eigenvalue weighted by Crippen LogP contribution is 2.02. The maximum Gasteiger partial charge on any atom is 0.220 e. The van der Waals surface area contributed by atoms with Crippen molar-refractivity contribution in [3.63, 3.8) is 0 Å². The molecule has 0 radical (unpaired) electrons. The first kappa shape index (κ1) is 13.4. The quantitative estimate of drug-likeness (QED) is 0.586. The van der Waals surface area contributed by atoms with Gasteiger partial charge in [0.15, 0.2) is 0 Å². The lowest BCUT2D eigenvalue weighted by atomic mass is 10.1. The van der Waals surface area contributed by atoms with Crippen molar-refractivity contribution in [1.82, 2.24) is 5.32 Å². The third kappa shape index (κ3) is 8.05. The molecule has 0 saturated heterocycles. The second-order valence-corrected chi connectivity index (χ2v) is 3.96. The van der Waals surface area contributed by atoms with Crippen molar-refractivity contribution in [3.05, 3.63) is 0 Å². The van der Waals surface area contributed by atoms with Crippen molar-refractivity contribution in [2.75, 3.05) is 13.1 Å². The first-order chi connectivity index (χ1) is 6.70. The summed E-state index contributed by atoms with van der Waals surface area (Å²) in [6.45, 7) is 5.56. The lowest BCUT2D eigenvalue weighted by molar-refractivity contribution is -0.121. The Bertz CT molecular complexity index is 148. The van der Waals surface area contributed by atoms with Crippen LogP contribution in [0.25, 0.3) is 0 Å². The molecule has 0 aromatic carbocycles. The zero-order valence-electron chi connectivity index (χ0n) is 9.51. The van der Waals surface area contributed by atoms with E-state index in [-0.39, 0.29) is 5.91 Å². The molecule has 1 amide bonds. The normalized spacial score (nSPS) is 12.5. The van der Waals surface area contributed by atoms with Crippen molar-refractivity contribution in [1.29, 1.82) is 0 Å². The zero-order chi connectivity index (χ0) is 10.8. The van der Waals surface area contributed by atoms with E-state index in [1.54, 1.807) is 0 Å². The van der Waals surface area contributed by atoms with Gasteiger partial charge >= 0.3 is 0 Å². The van der Waals surface area contributed by atoms with E-state index >= 15 is 0 Å². The minimum atomic E-state index is 0.168. The summed E-state index contributed by atoms with van der Waals surface area (Å²) in [5.41, 5.74) is 5.45. The summed E-state index contributed by atoms with van der Waals surface area (Å²) in [5, 5.41) is 2.89.